The van der Waals surface area contributed by atoms with Crippen molar-refractivity contribution in [2.75, 3.05) is 0 Å². The predicted octanol–water partition coefficient (Wildman–Crippen LogP) is 6.75. The number of hydrogen-bond acceptors (Lipinski definition) is 4. The van der Waals surface area contributed by atoms with E-state index in [4.69, 9.17) is 4.74 Å². The topological polar surface area (TPSA) is 87.7 Å². The molecule has 0 spiro atoms. The molecule has 0 saturated heterocycles. The fourth-order valence-corrected chi connectivity index (χ4v) is 5.21. The van der Waals surface area contributed by atoms with E-state index < -0.39 is 29.3 Å². The minimum atomic E-state index is -0.842. The number of carbonyl (C=O) groups is 3. The van der Waals surface area contributed by atoms with Crippen LogP contribution in [-0.4, -0.2) is 46.0 Å². The smallest absolute Gasteiger partial charge is 0.408 e. The lowest BCUT2D eigenvalue weighted by Crippen LogP contribution is -2.61. The lowest BCUT2D eigenvalue weighted by atomic mass is 9.87. The first-order valence-corrected chi connectivity index (χ1v) is 14.8. The van der Waals surface area contributed by atoms with Gasteiger partial charge in [-0.1, -0.05) is 64.7 Å². The van der Waals surface area contributed by atoms with Crippen molar-refractivity contribution in [3.05, 3.63) is 34.9 Å². The molecule has 3 amide bonds. The molecular weight excluding hydrogens is 490 g/mol. The third-order valence-electron chi connectivity index (χ3n) is 8.31. The number of amides is 3. The highest BCUT2D eigenvalue weighted by molar-refractivity contribution is 5.93. The van der Waals surface area contributed by atoms with Crippen LogP contribution >= 0.6 is 0 Å². The molecule has 220 valence electrons. The van der Waals surface area contributed by atoms with E-state index in [0.29, 0.717) is 12.8 Å². The van der Waals surface area contributed by atoms with E-state index in [9.17, 15) is 14.4 Å². The van der Waals surface area contributed by atoms with Gasteiger partial charge < -0.3 is 20.3 Å². The predicted molar refractivity (Wildman–Crippen MR) is 158 cm³/mol. The maximum absolute atomic E-state index is 14.6. The second-order valence-electron chi connectivity index (χ2n) is 12.9. The van der Waals surface area contributed by atoms with E-state index in [1.165, 1.54) is 6.42 Å². The lowest BCUT2D eigenvalue weighted by molar-refractivity contribution is -0.150. The molecule has 39 heavy (non-hydrogen) atoms. The van der Waals surface area contributed by atoms with E-state index in [1.807, 2.05) is 66.7 Å². The fraction of sp³-hybridized carbons (Fsp3) is 0.719. The Bertz CT molecular complexity index is 992. The lowest BCUT2D eigenvalue weighted by Gasteiger charge is -2.46. The summed E-state index contributed by atoms with van der Waals surface area (Å²) in [6.45, 7) is 19.4. The van der Waals surface area contributed by atoms with Gasteiger partial charge in [0.05, 0.1) is 0 Å². The third kappa shape index (κ3) is 8.71. The van der Waals surface area contributed by atoms with E-state index in [0.717, 1.165) is 42.4 Å². The summed E-state index contributed by atoms with van der Waals surface area (Å²) in [5, 5.41) is 6.17. The van der Waals surface area contributed by atoms with Crippen LogP contribution < -0.4 is 10.6 Å². The molecule has 3 unspecified atom stereocenters. The van der Waals surface area contributed by atoms with Crippen LogP contribution in [0.4, 0.5) is 4.79 Å². The average molecular weight is 544 g/mol. The van der Waals surface area contributed by atoms with Gasteiger partial charge in [0.25, 0.3) is 0 Å². The van der Waals surface area contributed by atoms with Gasteiger partial charge in [-0.15, -0.1) is 0 Å². The number of hydrogen-bond donors (Lipinski definition) is 2. The van der Waals surface area contributed by atoms with Crippen LogP contribution in [-0.2, 0) is 14.3 Å². The summed E-state index contributed by atoms with van der Waals surface area (Å²) in [6.07, 6.45) is 5.96. The Hall–Kier alpha value is -2.57. The molecule has 2 N–H and O–H groups in total. The Morgan fingerprint density at radius 2 is 1.64 bits per heavy atom. The van der Waals surface area contributed by atoms with E-state index in [-0.39, 0.29) is 23.8 Å². The average Bonchev–Trinajstić information content (AvgIpc) is 2.86. The van der Waals surface area contributed by atoms with Crippen molar-refractivity contribution in [1.29, 1.82) is 0 Å². The Morgan fingerprint density at radius 1 is 1.03 bits per heavy atom. The Labute approximate surface area is 236 Å². The van der Waals surface area contributed by atoms with Gasteiger partial charge in [-0.2, -0.15) is 0 Å². The highest BCUT2D eigenvalue weighted by atomic mass is 16.6. The maximum atomic E-state index is 14.6. The van der Waals surface area contributed by atoms with E-state index in [1.54, 1.807) is 25.7 Å². The standard InChI is InChI=1S/C32H53N3O4/c1-11-21(3)26(34-30(38)39-31(6,7)8)29(37)35(32(9,10)12-2)27(25-20-16-17-22(4)23(25)5)28(36)33-24-18-14-13-15-19-24/h16-17,20-21,24,26-27H,11-15,18-19H2,1-10H3,(H,33,36)(H,34,38). The minimum Gasteiger partial charge on any atom is -0.444 e. The van der Waals surface area contributed by atoms with Gasteiger partial charge in [0.15, 0.2) is 0 Å². The van der Waals surface area contributed by atoms with E-state index in [2.05, 4.69) is 10.6 Å². The molecule has 1 aliphatic rings. The summed E-state index contributed by atoms with van der Waals surface area (Å²) in [7, 11) is 0. The molecule has 1 aliphatic carbocycles. The summed E-state index contributed by atoms with van der Waals surface area (Å²) in [4.78, 5) is 43.5. The Balaban J connectivity index is 2.64. The normalized spacial score (nSPS) is 17.1. The van der Waals surface area contributed by atoms with Gasteiger partial charge in [0, 0.05) is 11.6 Å². The minimum absolute atomic E-state index is 0.103. The second-order valence-corrected chi connectivity index (χ2v) is 12.9. The van der Waals surface area contributed by atoms with Gasteiger partial charge in [-0.3, -0.25) is 9.59 Å². The molecule has 0 aromatic heterocycles. The molecule has 0 aliphatic heterocycles. The molecule has 0 bridgehead atoms. The Morgan fingerprint density at radius 3 is 2.18 bits per heavy atom. The third-order valence-corrected chi connectivity index (χ3v) is 8.31. The number of nitrogens with zero attached hydrogens (tertiary/aromatic N) is 1. The van der Waals surface area contributed by atoms with Crippen LogP contribution in [0.15, 0.2) is 18.2 Å². The number of alkyl carbamates (subject to hydrolysis) is 1. The zero-order valence-electron chi connectivity index (χ0n) is 26.1. The van der Waals surface area contributed by atoms with Crippen molar-refractivity contribution in [3.63, 3.8) is 0 Å². The van der Waals surface area contributed by atoms with Crippen molar-refractivity contribution >= 4 is 17.9 Å². The first-order chi connectivity index (χ1) is 18.1. The number of benzene rings is 1. The Kier molecular flexibility index (Phi) is 11.4. The summed E-state index contributed by atoms with van der Waals surface area (Å²) in [5.41, 5.74) is 1.51. The summed E-state index contributed by atoms with van der Waals surface area (Å²) < 4.78 is 5.53. The van der Waals surface area contributed by atoms with Gasteiger partial charge in [0.2, 0.25) is 11.8 Å². The van der Waals surface area contributed by atoms with Crippen molar-refractivity contribution in [2.45, 2.75) is 143 Å². The van der Waals surface area contributed by atoms with Crippen molar-refractivity contribution in [3.8, 4) is 0 Å². The molecule has 1 aromatic carbocycles. The van der Waals surface area contributed by atoms with E-state index >= 15 is 0 Å². The number of carbonyl (C=O) groups excluding carboxylic acids is 3. The highest BCUT2D eigenvalue weighted by Gasteiger charge is 2.45. The summed E-state index contributed by atoms with van der Waals surface area (Å²) >= 11 is 0. The largest absolute Gasteiger partial charge is 0.444 e. The number of nitrogens with one attached hydrogen (secondary N) is 2. The molecule has 2 rings (SSSR count). The van der Waals surface area contributed by atoms with Crippen LogP contribution in [0.1, 0.15) is 123 Å². The van der Waals surface area contributed by atoms with Crippen molar-refractivity contribution in [1.82, 2.24) is 15.5 Å². The molecule has 1 saturated carbocycles. The van der Waals surface area contributed by atoms with Crippen molar-refractivity contribution in [2.24, 2.45) is 5.92 Å². The first kappa shape index (κ1) is 32.6. The molecule has 1 fully saturated rings. The SMILES string of the molecule is CCC(C)C(NC(=O)OC(C)(C)C)C(=O)N(C(C(=O)NC1CCCCC1)c1cccc(C)c1C)C(C)(C)CC. The molecule has 0 radical (unpaired) electrons. The highest BCUT2D eigenvalue weighted by Crippen LogP contribution is 2.35. The fourth-order valence-electron chi connectivity index (χ4n) is 5.21. The second kappa shape index (κ2) is 13.7. The summed E-state index contributed by atoms with van der Waals surface area (Å²) in [5.74, 6) is -0.599. The quantitative estimate of drug-likeness (QED) is 0.342. The molecule has 7 heteroatoms. The van der Waals surface area contributed by atoms with Gasteiger partial charge in [-0.25, -0.2) is 4.79 Å². The monoisotopic (exact) mass is 543 g/mol. The number of rotatable bonds is 10. The zero-order valence-corrected chi connectivity index (χ0v) is 26.1. The number of aryl methyl sites for hydroxylation is 1. The molecule has 1 aromatic rings. The van der Waals surface area contributed by atoms with Crippen LogP contribution in [0.3, 0.4) is 0 Å². The van der Waals surface area contributed by atoms with Gasteiger partial charge in [-0.05, 0) is 90.3 Å². The molecule has 0 heterocycles. The number of ether oxygens (including phenoxy) is 1. The van der Waals surface area contributed by atoms with Crippen LogP contribution in [0.25, 0.3) is 0 Å². The van der Waals surface area contributed by atoms with Crippen LogP contribution in [0.2, 0.25) is 0 Å². The van der Waals surface area contributed by atoms with Crippen LogP contribution in [0.5, 0.6) is 0 Å². The molecule has 7 nitrogen and oxygen atoms in total. The van der Waals surface area contributed by atoms with Gasteiger partial charge in [0.1, 0.15) is 17.7 Å². The van der Waals surface area contributed by atoms with Gasteiger partial charge >= 0.3 is 6.09 Å². The zero-order chi connectivity index (χ0) is 29.5. The molecular formula is C32H53N3O4. The van der Waals surface area contributed by atoms with Crippen molar-refractivity contribution < 1.29 is 19.1 Å². The molecule has 3 atom stereocenters. The summed E-state index contributed by atoms with van der Waals surface area (Å²) in [6, 6.07) is 4.36. The maximum Gasteiger partial charge on any atom is 0.408 e. The van der Waals surface area contributed by atoms with Crippen LogP contribution in [0, 0.1) is 19.8 Å². The first-order valence-electron chi connectivity index (χ1n) is 14.8.